The Morgan fingerprint density at radius 3 is 2.93 bits per heavy atom. The minimum Gasteiger partial charge on any atom is -0.330 e. The third kappa shape index (κ3) is 2.38. The number of Topliss-reactive ketones (excluding diaryl/α,β-unsaturated/α-hetero) is 1. The molecule has 0 aromatic carbocycles. The summed E-state index contributed by atoms with van der Waals surface area (Å²) < 4.78 is 1.50. The number of ketones is 1. The average molecular weight is 196 g/mol. The maximum absolute atomic E-state index is 11.8. The molecule has 0 radical (unpaired) electrons. The Morgan fingerprint density at radius 2 is 2.43 bits per heavy atom. The number of aryl methyl sites for hydroxylation is 1. The zero-order valence-electron chi connectivity index (χ0n) is 8.60. The van der Waals surface area contributed by atoms with Gasteiger partial charge in [-0.25, -0.2) is 4.68 Å². The van der Waals surface area contributed by atoms with Crippen molar-refractivity contribution in [2.45, 2.75) is 19.8 Å². The van der Waals surface area contributed by atoms with Crippen molar-refractivity contribution < 1.29 is 4.79 Å². The maximum Gasteiger partial charge on any atom is 0.185 e. The molecule has 0 spiro atoms. The molecule has 1 aromatic rings. The molecule has 0 saturated heterocycles. The Morgan fingerprint density at radius 1 is 1.71 bits per heavy atom. The smallest absolute Gasteiger partial charge is 0.185 e. The van der Waals surface area contributed by atoms with Gasteiger partial charge in [0.15, 0.2) is 5.78 Å². The third-order valence-corrected chi connectivity index (χ3v) is 2.26. The Labute approximate surface area is 83.3 Å². The summed E-state index contributed by atoms with van der Waals surface area (Å²) >= 11 is 0. The molecule has 1 heterocycles. The summed E-state index contributed by atoms with van der Waals surface area (Å²) in [7, 11) is 1.72. The standard InChI is InChI=1S/C9H16N4O/c1-7(4-3-5-10)9(14)8-6-11-12-13(8)2/h6-7H,3-5,10H2,1-2H3. The van der Waals surface area contributed by atoms with E-state index >= 15 is 0 Å². The van der Waals surface area contributed by atoms with Crippen molar-refractivity contribution in [2.24, 2.45) is 18.7 Å². The molecule has 78 valence electrons. The molecule has 0 amide bonds. The van der Waals surface area contributed by atoms with E-state index in [4.69, 9.17) is 5.73 Å². The predicted octanol–water partition coefficient (Wildman–Crippen LogP) is 0.373. The minimum absolute atomic E-state index is 0.00394. The molecule has 0 aliphatic heterocycles. The predicted molar refractivity (Wildman–Crippen MR) is 52.8 cm³/mol. The highest BCUT2D eigenvalue weighted by Gasteiger charge is 2.17. The lowest BCUT2D eigenvalue weighted by Gasteiger charge is -2.08. The molecule has 5 heteroatoms. The molecular weight excluding hydrogens is 180 g/mol. The normalized spacial score (nSPS) is 12.8. The molecular formula is C9H16N4O. The Hall–Kier alpha value is -1.23. The van der Waals surface area contributed by atoms with Crippen LogP contribution in [0.3, 0.4) is 0 Å². The van der Waals surface area contributed by atoms with Gasteiger partial charge in [-0.15, -0.1) is 5.10 Å². The topological polar surface area (TPSA) is 73.8 Å². The SMILES string of the molecule is CC(CCCN)C(=O)c1cnnn1C. The first-order chi connectivity index (χ1) is 6.66. The Balaban J connectivity index is 2.61. The zero-order valence-corrected chi connectivity index (χ0v) is 8.60. The lowest BCUT2D eigenvalue weighted by atomic mass is 9.99. The second kappa shape index (κ2) is 4.85. The van der Waals surface area contributed by atoms with Crippen LogP contribution in [0.1, 0.15) is 30.3 Å². The Bertz CT molecular complexity index is 308. The summed E-state index contributed by atoms with van der Waals surface area (Å²) in [5, 5.41) is 7.39. The number of rotatable bonds is 5. The molecule has 1 aromatic heterocycles. The van der Waals surface area contributed by atoms with Crippen LogP contribution in [0.4, 0.5) is 0 Å². The number of carbonyl (C=O) groups excluding carboxylic acids is 1. The number of aromatic nitrogens is 3. The number of carbonyl (C=O) groups is 1. The van der Waals surface area contributed by atoms with Crippen LogP contribution < -0.4 is 5.73 Å². The van der Waals surface area contributed by atoms with E-state index in [1.165, 1.54) is 10.9 Å². The van der Waals surface area contributed by atoms with E-state index in [9.17, 15) is 4.79 Å². The molecule has 14 heavy (non-hydrogen) atoms. The fraction of sp³-hybridized carbons (Fsp3) is 0.667. The lowest BCUT2D eigenvalue weighted by molar-refractivity contribution is 0.0913. The molecule has 2 N–H and O–H groups in total. The van der Waals surface area contributed by atoms with Crippen LogP contribution >= 0.6 is 0 Å². The van der Waals surface area contributed by atoms with Gasteiger partial charge in [0.2, 0.25) is 0 Å². The van der Waals surface area contributed by atoms with Gasteiger partial charge >= 0.3 is 0 Å². The first-order valence-electron chi connectivity index (χ1n) is 4.75. The van der Waals surface area contributed by atoms with Crippen LogP contribution in [0.15, 0.2) is 6.20 Å². The molecule has 0 aliphatic rings. The van der Waals surface area contributed by atoms with Crippen molar-refractivity contribution in [3.63, 3.8) is 0 Å². The first kappa shape index (κ1) is 10.8. The molecule has 1 atom stereocenters. The Kier molecular flexibility index (Phi) is 3.76. The van der Waals surface area contributed by atoms with Crippen molar-refractivity contribution in [1.82, 2.24) is 15.0 Å². The van der Waals surface area contributed by atoms with Crippen molar-refractivity contribution in [3.05, 3.63) is 11.9 Å². The fourth-order valence-electron chi connectivity index (χ4n) is 1.32. The lowest BCUT2D eigenvalue weighted by Crippen LogP contribution is -2.16. The molecule has 0 aliphatic carbocycles. The number of hydrogen-bond donors (Lipinski definition) is 1. The van der Waals surface area contributed by atoms with Crippen LogP contribution in [-0.2, 0) is 7.05 Å². The van der Waals surface area contributed by atoms with Gasteiger partial charge in [-0.05, 0) is 19.4 Å². The van der Waals surface area contributed by atoms with Gasteiger partial charge in [0.1, 0.15) is 5.69 Å². The fourth-order valence-corrected chi connectivity index (χ4v) is 1.32. The highest BCUT2D eigenvalue weighted by molar-refractivity contribution is 5.95. The van der Waals surface area contributed by atoms with E-state index in [1.807, 2.05) is 6.92 Å². The number of nitrogens with zero attached hydrogens (tertiary/aromatic N) is 3. The van der Waals surface area contributed by atoms with Crippen molar-refractivity contribution in [2.75, 3.05) is 6.54 Å². The average Bonchev–Trinajstić information content (AvgIpc) is 2.59. The maximum atomic E-state index is 11.8. The summed E-state index contributed by atoms with van der Waals surface area (Å²) in [6, 6.07) is 0. The van der Waals surface area contributed by atoms with Gasteiger partial charge < -0.3 is 5.73 Å². The zero-order chi connectivity index (χ0) is 10.6. The van der Waals surface area contributed by atoms with E-state index in [-0.39, 0.29) is 11.7 Å². The van der Waals surface area contributed by atoms with Crippen LogP contribution in [-0.4, -0.2) is 27.3 Å². The van der Waals surface area contributed by atoms with Crippen LogP contribution in [0.25, 0.3) is 0 Å². The van der Waals surface area contributed by atoms with Gasteiger partial charge in [0, 0.05) is 13.0 Å². The van der Waals surface area contributed by atoms with Crippen LogP contribution in [0.5, 0.6) is 0 Å². The van der Waals surface area contributed by atoms with Crippen LogP contribution in [0.2, 0.25) is 0 Å². The summed E-state index contributed by atoms with van der Waals surface area (Å²) in [6.07, 6.45) is 3.19. The highest BCUT2D eigenvalue weighted by atomic mass is 16.1. The van der Waals surface area contributed by atoms with Gasteiger partial charge in [0.05, 0.1) is 6.20 Å². The van der Waals surface area contributed by atoms with Gasteiger partial charge in [-0.3, -0.25) is 4.79 Å². The van der Waals surface area contributed by atoms with E-state index in [2.05, 4.69) is 10.3 Å². The monoisotopic (exact) mass is 196 g/mol. The van der Waals surface area contributed by atoms with E-state index in [1.54, 1.807) is 7.05 Å². The van der Waals surface area contributed by atoms with E-state index < -0.39 is 0 Å². The summed E-state index contributed by atoms with van der Waals surface area (Å²) in [6.45, 7) is 2.53. The van der Waals surface area contributed by atoms with Crippen molar-refractivity contribution in [1.29, 1.82) is 0 Å². The summed E-state index contributed by atoms with van der Waals surface area (Å²) in [5.41, 5.74) is 5.95. The molecule has 1 unspecified atom stereocenters. The van der Waals surface area contributed by atoms with E-state index in [0.717, 1.165) is 12.8 Å². The van der Waals surface area contributed by atoms with Crippen molar-refractivity contribution in [3.8, 4) is 0 Å². The van der Waals surface area contributed by atoms with Gasteiger partial charge in [-0.1, -0.05) is 12.1 Å². The second-order valence-electron chi connectivity index (χ2n) is 3.44. The first-order valence-corrected chi connectivity index (χ1v) is 4.75. The molecule has 5 nitrogen and oxygen atoms in total. The highest BCUT2D eigenvalue weighted by Crippen LogP contribution is 2.11. The number of nitrogens with two attached hydrogens (primary N) is 1. The third-order valence-electron chi connectivity index (χ3n) is 2.26. The van der Waals surface area contributed by atoms with Crippen LogP contribution in [0, 0.1) is 5.92 Å². The van der Waals surface area contributed by atoms with Gasteiger partial charge in [0.25, 0.3) is 0 Å². The van der Waals surface area contributed by atoms with Gasteiger partial charge in [-0.2, -0.15) is 0 Å². The minimum atomic E-state index is -0.00394. The summed E-state index contributed by atoms with van der Waals surface area (Å²) in [4.78, 5) is 11.8. The quantitative estimate of drug-likeness (QED) is 0.690. The molecule has 1 rings (SSSR count). The largest absolute Gasteiger partial charge is 0.330 e. The second-order valence-corrected chi connectivity index (χ2v) is 3.44. The molecule has 0 fully saturated rings. The molecule has 0 saturated carbocycles. The summed E-state index contributed by atoms with van der Waals surface area (Å²) in [5.74, 6) is 0.0849. The van der Waals surface area contributed by atoms with Crippen molar-refractivity contribution >= 4 is 5.78 Å². The molecule has 0 bridgehead atoms. The number of hydrogen-bond acceptors (Lipinski definition) is 4. The van der Waals surface area contributed by atoms with E-state index in [0.29, 0.717) is 12.2 Å².